The molecule has 9 heteroatoms. The van der Waals surface area contributed by atoms with Gasteiger partial charge in [0.1, 0.15) is 17.5 Å². The number of rotatable bonds is 4. The molecule has 2 aromatic carbocycles. The topological polar surface area (TPSA) is 103 Å². The number of aromatic nitrogens is 3. The molecule has 2 aromatic heterocycles. The number of nitrogens with two attached hydrogens (primary N) is 1. The number of halogens is 1. The normalized spacial score (nSPS) is 12.3. The largest absolute Gasteiger partial charge is 0.384 e. The predicted molar refractivity (Wildman–Crippen MR) is 124 cm³/mol. The Hall–Kier alpha value is -3.46. The third-order valence-corrected chi connectivity index (χ3v) is 6.44. The second-order valence-electron chi connectivity index (χ2n) is 8.66. The molecule has 32 heavy (non-hydrogen) atoms. The average molecular weight is 454 g/mol. The Morgan fingerprint density at radius 1 is 1.06 bits per heavy atom. The molecule has 7 nitrogen and oxygen atoms in total. The highest BCUT2D eigenvalue weighted by molar-refractivity contribution is 7.92. The van der Waals surface area contributed by atoms with Crippen molar-refractivity contribution in [1.29, 1.82) is 0 Å². The van der Waals surface area contributed by atoms with E-state index in [9.17, 15) is 12.8 Å². The fourth-order valence-corrected chi connectivity index (χ4v) is 4.61. The van der Waals surface area contributed by atoms with E-state index in [0.29, 0.717) is 28.3 Å². The minimum atomic E-state index is -4.06. The first-order valence-corrected chi connectivity index (χ1v) is 11.5. The van der Waals surface area contributed by atoms with Gasteiger partial charge in [0.2, 0.25) is 0 Å². The molecule has 0 amide bonds. The number of nitrogen functional groups attached to an aromatic ring is 1. The fourth-order valence-electron chi connectivity index (χ4n) is 3.56. The number of hydrogen-bond donors (Lipinski definition) is 2. The first kappa shape index (κ1) is 21.8. The van der Waals surface area contributed by atoms with Crippen LogP contribution in [0.5, 0.6) is 0 Å². The minimum absolute atomic E-state index is 0.166. The van der Waals surface area contributed by atoms with Crippen LogP contribution in [0.1, 0.15) is 32.0 Å². The van der Waals surface area contributed by atoms with E-state index in [4.69, 9.17) is 5.73 Å². The van der Waals surface area contributed by atoms with E-state index < -0.39 is 21.3 Å². The second kappa shape index (κ2) is 7.59. The van der Waals surface area contributed by atoms with Gasteiger partial charge in [0.25, 0.3) is 10.0 Å². The van der Waals surface area contributed by atoms with Crippen LogP contribution in [0.2, 0.25) is 0 Å². The van der Waals surface area contributed by atoms with Gasteiger partial charge in [0.05, 0.1) is 21.8 Å². The van der Waals surface area contributed by atoms with Crippen LogP contribution in [0.15, 0.2) is 59.5 Å². The predicted octanol–water partition coefficient (Wildman–Crippen LogP) is 4.55. The van der Waals surface area contributed by atoms with Crippen LogP contribution in [0.3, 0.4) is 0 Å². The Morgan fingerprint density at radius 2 is 1.81 bits per heavy atom. The number of hydrogen-bond acceptors (Lipinski definition) is 5. The van der Waals surface area contributed by atoms with Crippen molar-refractivity contribution in [3.63, 3.8) is 0 Å². The van der Waals surface area contributed by atoms with Crippen molar-refractivity contribution >= 4 is 32.6 Å². The lowest BCUT2D eigenvalue weighted by atomic mass is 9.87. The molecule has 0 aliphatic heterocycles. The highest BCUT2D eigenvalue weighted by atomic mass is 32.2. The number of nitrogens with one attached hydrogen (secondary N) is 1. The lowest BCUT2D eigenvalue weighted by molar-refractivity contribution is 0.519. The van der Waals surface area contributed by atoms with E-state index >= 15 is 0 Å². The van der Waals surface area contributed by atoms with Gasteiger partial charge in [-0.15, -0.1) is 0 Å². The fraction of sp³-hybridized carbons (Fsp3) is 0.217. The number of benzene rings is 2. The van der Waals surface area contributed by atoms with Gasteiger partial charge >= 0.3 is 0 Å². The number of sulfonamides is 1. The molecule has 0 unspecified atom stereocenters. The Balaban J connectivity index is 1.77. The van der Waals surface area contributed by atoms with Gasteiger partial charge in [-0.3, -0.25) is 4.72 Å². The van der Waals surface area contributed by atoms with Gasteiger partial charge in [-0.2, -0.15) is 5.10 Å². The van der Waals surface area contributed by atoms with E-state index in [-0.39, 0.29) is 10.7 Å². The molecule has 166 valence electrons. The van der Waals surface area contributed by atoms with Gasteiger partial charge in [0.15, 0.2) is 0 Å². The molecule has 0 aliphatic rings. The molecule has 0 atom stereocenters. The van der Waals surface area contributed by atoms with Gasteiger partial charge in [-0.05, 0) is 54.3 Å². The number of anilines is 2. The zero-order valence-corrected chi connectivity index (χ0v) is 19.0. The third kappa shape index (κ3) is 4.03. The van der Waals surface area contributed by atoms with E-state index in [0.717, 1.165) is 11.5 Å². The van der Waals surface area contributed by atoms with Crippen LogP contribution in [0.25, 0.3) is 16.6 Å². The molecule has 0 bridgehead atoms. The van der Waals surface area contributed by atoms with Gasteiger partial charge < -0.3 is 5.73 Å². The summed E-state index contributed by atoms with van der Waals surface area (Å²) in [4.78, 5) is 4.15. The summed E-state index contributed by atoms with van der Waals surface area (Å²) >= 11 is 0. The summed E-state index contributed by atoms with van der Waals surface area (Å²) in [7, 11) is -4.06. The van der Waals surface area contributed by atoms with Crippen molar-refractivity contribution < 1.29 is 12.8 Å². The molecule has 0 radical (unpaired) electrons. The summed E-state index contributed by atoms with van der Waals surface area (Å²) in [5.41, 5.74) is 7.69. The van der Waals surface area contributed by atoms with Crippen LogP contribution >= 0.6 is 0 Å². The van der Waals surface area contributed by atoms with Gasteiger partial charge in [0, 0.05) is 11.5 Å². The molecule has 0 saturated carbocycles. The van der Waals surface area contributed by atoms with Crippen molar-refractivity contribution in [1.82, 2.24) is 14.8 Å². The summed E-state index contributed by atoms with van der Waals surface area (Å²) in [6.07, 6.45) is 0. The first-order valence-electron chi connectivity index (χ1n) is 10.0. The SMILES string of the molecule is Cc1cc(NS(=O)(=O)c2ccc(C(C)(C)C)c(F)c2)n(-c2cccc3nc(N)ccc23)n1. The van der Waals surface area contributed by atoms with Crippen LogP contribution in [-0.2, 0) is 15.4 Å². The highest BCUT2D eigenvalue weighted by Gasteiger charge is 2.23. The number of aryl methyl sites for hydroxylation is 1. The molecule has 4 rings (SSSR count). The van der Waals surface area contributed by atoms with E-state index in [2.05, 4.69) is 14.8 Å². The lowest BCUT2D eigenvalue weighted by Gasteiger charge is -2.20. The van der Waals surface area contributed by atoms with Crippen LogP contribution in [-0.4, -0.2) is 23.2 Å². The maximum absolute atomic E-state index is 14.6. The van der Waals surface area contributed by atoms with Crippen molar-refractivity contribution in [3.05, 3.63) is 71.7 Å². The number of fused-ring (bicyclic) bond motifs is 1. The van der Waals surface area contributed by atoms with Gasteiger partial charge in [-0.1, -0.05) is 32.9 Å². The molecule has 0 fully saturated rings. The van der Waals surface area contributed by atoms with E-state index in [1.807, 2.05) is 39.0 Å². The molecular weight excluding hydrogens is 429 g/mol. The van der Waals surface area contributed by atoms with E-state index in [1.54, 1.807) is 25.1 Å². The molecular formula is C23H24FN5O2S. The summed E-state index contributed by atoms with van der Waals surface area (Å²) in [5.74, 6) is 0.0443. The Morgan fingerprint density at radius 3 is 2.50 bits per heavy atom. The Bertz CT molecular complexity index is 1440. The maximum atomic E-state index is 14.6. The summed E-state index contributed by atoms with van der Waals surface area (Å²) in [5, 5.41) is 5.21. The quantitative estimate of drug-likeness (QED) is 0.472. The average Bonchev–Trinajstić information content (AvgIpc) is 3.05. The van der Waals surface area contributed by atoms with Crippen LogP contribution in [0.4, 0.5) is 16.0 Å². The van der Waals surface area contributed by atoms with E-state index in [1.165, 1.54) is 16.8 Å². The Labute approximate surface area is 186 Å². The monoisotopic (exact) mass is 453 g/mol. The maximum Gasteiger partial charge on any atom is 0.263 e. The van der Waals surface area contributed by atoms with Gasteiger partial charge in [-0.25, -0.2) is 22.5 Å². The summed E-state index contributed by atoms with van der Waals surface area (Å²) < 4.78 is 44.8. The molecule has 0 saturated heterocycles. The molecule has 0 spiro atoms. The number of nitrogens with zero attached hydrogens (tertiary/aromatic N) is 3. The summed E-state index contributed by atoms with van der Waals surface area (Å²) in [6, 6.07) is 14.5. The van der Waals surface area contributed by atoms with Crippen molar-refractivity contribution in [2.45, 2.75) is 38.0 Å². The first-order chi connectivity index (χ1) is 15.0. The smallest absolute Gasteiger partial charge is 0.263 e. The van der Waals surface area contributed by atoms with Crippen LogP contribution in [0, 0.1) is 12.7 Å². The van der Waals surface area contributed by atoms with Crippen molar-refractivity contribution in [2.24, 2.45) is 0 Å². The number of pyridine rings is 1. The molecule has 2 heterocycles. The zero-order chi connectivity index (χ0) is 23.3. The highest BCUT2D eigenvalue weighted by Crippen LogP contribution is 2.29. The van der Waals surface area contributed by atoms with Crippen molar-refractivity contribution in [2.75, 3.05) is 10.5 Å². The standard InChI is InChI=1S/C23H24FN5O2S/c1-14-12-22(28-32(30,31)15-8-10-17(18(24)13-15)23(2,3)4)29(27-14)20-7-5-6-19-16(20)9-11-21(25)26-19/h5-13,28H,1-4H3,(H2,25,26). The second-order valence-corrected chi connectivity index (χ2v) is 10.3. The Kier molecular flexibility index (Phi) is 5.16. The third-order valence-electron chi connectivity index (χ3n) is 5.09. The minimum Gasteiger partial charge on any atom is -0.384 e. The lowest BCUT2D eigenvalue weighted by Crippen LogP contribution is -2.18. The molecule has 0 aliphatic carbocycles. The molecule has 4 aromatic rings. The molecule has 3 N–H and O–H groups in total. The van der Waals surface area contributed by atoms with Crippen LogP contribution < -0.4 is 10.5 Å². The summed E-state index contributed by atoms with van der Waals surface area (Å²) in [6.45, 7) is 7.36. The zero-order valence-electron chi connectivity index (χ0n) is 18.2. The van der Waals surface area contributed by atoms with Crippen molar-refractivity contribution in [3.8, 4) is 5.69 Å².